The Kier molecular flexibility index (Phi) is 3.12. The van der Waals surface area contributed by atoms with Crippen LogP contribution in [0.15, 0.2) is 51.9 Å². The maximum atomic E-state index is 11.8. The molecule has 20 heavy (non-hydrogen) atoms. The van der Waals surface area contributed by atoms with Crippen molar-refractivity contribution < 1.29 is 9.21 Å². The number of hydrogen-bond donors (Lipinski definition) is 2. The number of furan rings is 1. The summed E-state index contributed by atoms with van der Waals surface area (Å²) in [4.78, 5) is 26.3. The maximum absolute atomic E-state index is 11.8. The van der Waals surface area contributed by atoms with Gasteiger partial charge in [-0.25, -0.2) is 4.79 Å². The lowest BCUT2D eigenvalue weighted by Gasteiger charge is -2.04. The Morgan fingerprint density at radius 2 is 2.10 bits per heavy atom. The SMILES string of the molecule is O=C(NCCn1c(=O)[nH]c2ccccc21)c1ccco1. The second kappa shape index (κ2) is 5.08. The zero-order valence-corrected chi connectivity index (χ0v) is 10.6. The summed E-state index contributed by atoms with van der Waals surface area (Å²) in [6.45, 7) is 0.747. The summed E-state index contributed by atoms with van der Waals surface area (Å²) in [7, 11) is 0. The number of carbonyl (C=O) groups is 1. The molecule has 1 aromatic carbocycles. The predicted molar refractivity (Wildman–Crippen MR) is 73.6 cm³/mol. The molecule has 0 saturated heterocycles. The third-order valence-corrected chi connectivity index (χ3v) is 3.05. The zero-order valence-electron chi connectivity index (χ0n) is 10.6. The van der Waals surface area contributed by atoms with Gasteiger partial charge in [0, 0.05) is 13.1 Å². The molecule has 6 heteroatoms. The molecule has 1 amide bonds. The van der Waals surface area contributed by atoms with E-state index in [1.54, 1.807) is 16.7 Å². The van der Waals surface area contributed by atoms with Crippen LogP contribution in [0.3, 0.4) is 0 Å². The smallest absolute Gasteiger partial charge is 0.326 e. The summed E-state index contributed by atoms with van der Waals surface area (Å²) in [6, 6.07) is 10.7. The highest BCUT2D eigenvalue weighted by Crippen LogP contribution is 2.08. The minimum absolute atomic E-state index is 0.182. The van der Waals surface area contributed by atoms with E-state index in [1.807, 2.05) is 24.3 Å². The van der Waals surface area contributed by atoms with E-state index in [9.17, 15) is 9.59 Å². The average Bonchev–Trinajstić information content (AvgIpc) is 3.07. The largest absolute Gasteiger partial charge is 0.459 e. The van der Waals surface area contributed by atoms with Crippen LogP contribution in [0.2, 0.25) is 0 Å². The number of carbonyl (C=O) groups excluding carboxylic acids is 1. The molecule has 0 saturated carbocycles. The van der Waals surface area contributed by atoms with E-state index in [1.165, 1.54) is 6.26 Å². The van der Waals surface area contributed by atoms with Crippen molar-refractivity contribution in [2.45, 2.75) is 6.54 Å². The zero-order chi connectivity index (χ0) is 13.9. The van der Waals surface area contributed by atoms with Crippen molar-refractivity contribution in [3.63, 3.8) is 0 Å². The highest BCUT2D eigenvalue weighted by molar-refractivity contribution is 5.91. The Hall–Kier alpha value is -2.76. The van der Waals surface area contributed by atoms with Crippen molar-refractivity contribution in [3.05, 3.63) is 58.9 Å². The van der Waals surface area contributed by atoms with Crippen LogP contribution >= 0.6 is 0 Å². The summed E-state index contributed by atoms with van der Waals surface area (Å²) in [5, 5.41) is 2.71. The highest BCUT2D eigenvalue weighted by Gasteiger charge is 2.09. The number of benzene rings is 1. The summed E-state index contributed by atoms with van der Waals surface area (Å²) in [5.41, 5.74) is 1.43. The van der Waals surface area contributed by atoms with E-state index in [-0.39, 0.29) is 17.4 Å². The van der Waals surface area contributed by atoms with E-state index in [2.05, 4.69) is 10.3 Å². The topological polar surface area (TPSA) is 80.0 Å². The van der Waals surface area contributed by atoms with Crippen molar-refractivity contribution >= 4 is 16.9 Å². The first-order valence-electron chi connectivity index (χ1n) is 6.25. The van der Waals surface area contributed by atoms with Crippen LogP contribution < -0.4 is 11.0 Å². The van der Waals surface area contributed by atoms with Gasteiger partial charge in [0.15, 0.2) is 5.76 Å². The van der Waals surface area contributed by atoms with Crippen molar-refractivity contribution in [1.82, 2.24) is 14.9 Å². The molecule has 0 spiro atoms. The van der Waals surface area contributed by atoms with Crippen LogP contribution in [0.1, 0.15) is 10.6 Å². The molecular formula is C14H13N3O3. The van der Waals surface area contributed by atoms with E-state index in [0.29, 0.717) is 13.1 Å². The van der Waals surface area contributed by atoms with Gasteiger partial charge in [0.05, 0.1) is 17.3 Å². The lowest BCUT2D eigenvalue weighted by molar-refractivity contribution is 0.0924. The summed E-state index contributed by atoms with van der Waals surface area (Å²) in [6.07, 6.45) is 1.44. The van der Waals surface area contributed by atoms with Crippen LogP contribution in [0, 0.1) is 0 Å². The molecule has 0 radical (unpaired) electrons. The molecule has 0 unspecified atom stereocenters. The Bertz CT molecular complexity index is 783. The van der Waals surface area contributed by atoms with Gasteiger partial charge in [-0.1, -0.05) is 12.1 Å². The van der Waals surface area contributed by atoms with Gasteiger partial charge < -0.3 is 14.7 Å². The number of fused-ring (bicyclic) bond motifs is 1. The third kappa shape index (κ3) is 2.23. The van der Waals surface area contributed by atoms with Crippen LogP contribution in [-0.4, -0.2) is 22.0 Å². The Morgan fingerprint density at radius 3 is 2.90 bits per heavy atom. The minimum atomic E-state index is -0.289. The number of H-pyrrole nitrogens is 1. The summed E-state index contributed by atoms with van der Waals surface area (Å²) < 4.78 is 6.59. The molecule has 0 aliphatic heterocycles. The predicted octanol–water partition coefficient (Wildman–Crippen LogP) is 1.35. The standard InChI is InChI=1S/C14H13N3O3/c18-13(12-6-3-9-20-12)15-7-8-17-11-5-2-1-4-10(11)16-14(17)19/h1-6,9H,7-8H2,(H,15,18)(H,16,19). The lowest BCUT2D eigenvalue weighted by atomic mass is 10.3. The molecule has 0 fully saturated rings. The van der Waals surface area contributed by atoms with E-state index < -0.39 is 0 Å². The molecule has 2 aromatic heterocycles. The normalized spacial score (nSPS) is 10.8. The van der Waals surface area contributed by atoms with Gasteiger partial charge in [0.25, 0.3) is 5.91 Å². The van der Waals surface area contributed by atoms with Gasteiger partial charge in [-0.2, -0.15) is 0 Å². The van der Waals surface area contributed by atoms with Crippen LogP contribution in [-0.2, 0) is 6.54 Å². The fourth-order valence-corrected chi connectivity index (χ4v) is 2.10. The van der Waals surface area contributed by atoms with Crippen LogP contribution in [0.5, 0.6) is 0 Å². The average molecular weight is 271 g/mol. The molecule has 0 bridgehead atoms. The summed E-state index contributed by atoms with van der Waals surface area (Å²) in [5.74, 6) is -0.0286. The molecule has 2 heterocycles. The first-order chi connectivity index (χ1) is 9.75. The molecule has 0 aliphatic carbocycles. The van der Waals surface area contributed by atoms with Crippen molar-refractivity contribution in [1.29, 1.82) is 0 Å². The number of nitrogens with one attached hydrogen (secondary N) is 2. The van der Waals surface area contributed by atoms with Crippen LogP contribution in [0.25, 0.3) is 11.0 Å². The Balaban J connectivity index is 1.70. The Labute approximate surface area is 114 Å². The van der Waals surface area contributed by atoms with E-state index >= 15 is 0 Å². The monoisotopic (exact) mass is 271 g/mol. The quantitative estimate of drug-likeness (QED) is 0.751. The second-order valence-corrected chi connectivity index (χ2v) is 4.33. The van der Waals surface area contributed by atoms with Crippen molar-refractivity contribution in [2.24, 2.45) is 0 Å². The summed E-state index contributed by atoms with van der Waals surface area (Å²) >= 11 is 0. The first-order valence-corrected chi connectivity index (χ1v) is 6.25. The molecule has 2 N–H and O–H groups in total. The van der Waals surface area contributed by atoms with E-state index in [4.69, 9.17) is 4.42 Å². The van der Waals surface area contributed by atoms with Crippen LogP contribution in [0.4, 0.5) is 0 Å². The molecule has 3 aromatic rings. The van der Waals surface area contributed by atoms with Crippen molar-refractivity contribution in [3.8, 4) is 0 Å². The van der Waals surface area contributed by atoms with Gasteiger partial charge in [0.2, 0.25) is 0 Å². The number of para-hydroxylation sites is 2. The first kappa shape index (κ1) is 12.3. The fourth-order valence-electron chi connectivity index (χ4n) is 2.10. The third-order valence-electron chi connectivity index (χ3n) is 3.05. The lowest BCUT2D eigenvalue weighted by Crippen LogP contribution is -2.29. The minimum Gasteiger partial charge on any atom is -0.459 e. The molecular weight excluding hydrogens is 258 g/mol. The highest BCUT2D eigenvalue weighted by atomic mass is 16.3. The van der Waals surface area contributed by atoms with Gasteiger partial charge in [-0.3, -0.25) is 9.36 Å². The molecule has 0 aliphatic rings. The molecule has 6 nitrogen and oxygen atoms in total. The van der Waals surface area contributed by atoms with Gasteiger partial charge >= 0.3 is 5.69 Å². The fraction of sp³-hybridized carbons (Fsp3) is 0.143. The molecule has 3 rings (SSSR count). The van der Waals surface area contributed by atoms with E-state index in [0.717, 1.165) is 11.0 Å². The molecule has 102 valence electrons. The number of hydrogen-bond acceptors (Lipinski definition) is 3. The molecule has 0 atom stereocenters. The maximum Gasteiger partial charge on any atom is 0.326 e. The number of aromatic amines is 1. The van der Waals surface area contributed by atoms with Gasteiger partial charge in [-0.05, 0) is 24.3 Å². The van der Waals surface area contributed by atoms with Gasteiger partial charge in [0.1, 0.15) is 0 Å². The van der Waals surface area contributed by atoms with Gasteiger partial charge in [-0.15, -0.1) is 0 Å². The number of nitrogens with zero attached hydrogens (tertiary/aromatic N) is 1. The number of amides is 1. The second-order valence-electron chi connectivity index (χ2n) is 4.33. The number of rotatable bonds is 4. The number of aromatic nitrogens is 2. The Morgan fingerprint density at radius 1 is 1.25 bits per heavy atom. The van der Waals surface area contributed by atoms with Crippen molar-refractivity contribution in [2.75, 3.05) is 6.54 Å². The number of imidazole rings is 1.